The van der Waals surface area contributed by atoms with Gasteiger partial charge in [-0.25, -0.2) is 0 Å². The van der Waals surface area contributed by atoms with E-state index in [1.54, 1.807) is 5.37 Å². The van der Waals surface area contributed by atoms with Gasteiger partial charge >= 0.3 is 0 Å². The van der Waals surface area contributed by atoms with Gasteiger partial charge in [-0.15, -0.1) is 0 Å². The fourth-order valence-corrected chi connectivity index (χ4v) is 4.04. The van der Waals surface area contributed by atoms with Crippen LogP contribution in [0, 0.1) is 5.41 Å². The average Bonchev–Trinajstić information content (AvgIpc) is 2.62. The fraction of sp³-hybridized carbons (Fsp3) is 0.346. The molecule has 1 aliphatic carbocycles. The Kier molecular flexibility index (Phi) is 7.74. The van der Waals surface area contributed by atoms with Crippen LogP contribution in [-0.2, 0) is 0 Å². The third kappa shape index (κ3) is 6.01. The van der Waals surface area contributed by atoms with E-state index in [-0.39, 0.29) is 5.41 Å². The van der Waals surface area contributed by atoms with Crippen molar-refractivity contribution in [1.29, 1.82) is 0 Å². The molecule has 142 valence electrons. The summed E-state index contributed by atoms with van der Waals surface area (Å²) >= 11 is 5.23. The first-order chi connectivity index (χ1) is 12.8. The highest BCUT2D eigenvalue weighted by atomic mass is 32.1. The molecule has 0 nitrogen and oxygen atoms in total. The lowest BCUT2D eigenvalue weighted by Crippen LogP contribution is -2.19. The monoisotopic (exact) mass is 376 g/mol. The van der Waals surface area contributed by atoms with Gasteiger partial charge in [-0.2, -0.15) is 0 Å². The van der Waals surface area contributed by atoms with E-state index in [1.165, 1.54) is 41.6 Å². The molecule has 0 spiro atoms. The van der Waals surface area contributed by atoms with E-state index in [0.29, 0.717) is 0 Å². The second-order valence-electron chi connectivity index (χ2n) is 8.12. The van der Waals surface area contributed by atoms with Crippen LogP contribution in [0.15, 0.2) is 83.0 Å². The Bertz CT molecular complexity index is 811. The third-order valence-electron chi connectivity index (χ3n) is 5.39. The van der Waals surface area contributed by atoms with Gasteiger partial charge < -0.3 is 0 Å². The first-order valence-electron chi connectivity index (χ1n) is 9.80. The van der Waals surface area contributed by atoms with Gasteiger partial charge in [0, 0.05) is 5.37 Å². The lowest BCUT2D eigenvalue weighted by Gasteiger charge is -2.32. The van der Waals surface area contributed by atoms with Gasteiger partial charge in [-0.05, 0) is 67.7 Å². The summed E-state index contributed by atoms with van der Waals surface area (Å²) < 4.78 is 0. The van der Waals surface area contributed by atoms with Crippen LogP contribution in [0.25, 0.3) is 5.57 Å². The molecule has 0 aromatic heterocycles. The van der Waals surface area contributed by atoms with Crippen molar-refractivity contribution in [2.75, 3.05) is 0 Å². The summed E-state index contributed by atoms with van der Waals surface area (Å²) in [4.78, 5) is 0. The van der Waals surface area contributed by atoms with Crippen LogP contribution in [0.4, 0.5) is 0 Å². The smallest absolute Gasteiger partial charge is 0.00948 e. The molecule has 0 amide bonds. The van der Waals surface area contributed by atoms with Crippen LogP contribution in [-0.4, -0.2) is 5.37 Å². The summed E-state index contributed by atoms with van der Waals surface area (Å²) in [5.41, 5.74) is 8.04. The highest BCUT2D eigenvalue weighted by Gasteiger charge is 2.26. The molecular weight excluding hydrogens is 344 g/mol. The predicted octanol–water partition coefficient (Wildman–Crippen LogP) is 8.05. The molecule has 0 saturated heterocycles. The van der Waals surface area contributed by atoms with E-state index >= 15 is 0 Å². The molecule has 0 unspecified atom stereocenters. The first kappa shape index (κ1) is 21.3. The van der Waals surface area contributed by atoms with E-state index < -0.39 is 0 Å². The number of benzene rings is 1. The Balaban J connectivity index is 2.14. The predicted molar refractivity (Wildman–Crippen MR) is 125 cm³/mol. The van der Waals surface area contributed by atoms with Crippen molar-refractivity contribution in [3.63, 3.8) is 0 Å². The Hall–Kier alpha value is -1.99. The lowest BCUT2D eigenvalue weighted by molar-refractivity contribution is 0.377. The van der Waals surface area contributed by atoms with E-state index in [9.17, 15) is 0 Å². The molecular formula is C26H32S. The van der Waals surface area contributed by atoms with Crippen LogP contribution in [0.3, 0.4) is 0 Å². The second-order valence-corrected chi connectivity index (χ2v) is 8.35. The molecule has 0 radical (unpaired) electrons. The molecule has 0 heterocycles. The second kappa shape index (κ2) is 9.80. The molecule has 0 atom stereocenters. The highest BCUT2D eigenvalue weighted by Crippen LogP contribution is 2.40. The van der Waals surface area contributed by atoms with E-state index in [1.807, 2.05) is 18.2 Å². The summed E-state index contributed by atoms with van der Waals surface area (Å²) in [5.74, 6) is 0. The molecule has 1 aromatic carbocycles. The molecule has 1 heteroatoms. The largest absolute Gasteiger partial charge is 0.0880 e. The SMILES string of the molecule is CC(C=CC1=C(C)CCCC1(C)C)=CC=CC(C)=C(C=S)c1ccccc1. The van der Waals surface area contributed by atoms with Crippen LogP contribution >= 0.6 is 12.2 Å². The van der Waals surface area contributed by atoms with Crippen molar-refractivity contribution in [3.05, 3.63) is 88.6 Å². The molecule has 0 bridgehead atoms. The quantitative estimate of drug-likeness (QED) is 0.275. The summed E-state index contributed by atoms with van der Waals surface area (Å²) in [7, 11) is 0. The summed E-state index contributed by atoms with van der Waals surface area (Å²) in [6.45, 7) is 11.3. The van der Waals surface area contributed by atoms with Gasteiger partial charge in [0.05, 0.1) is 0 Å². The zero-order chi connectivity index (χ0) is 19.9. The van der Waals surface area contributed by atoms with Crippen molar-refractivity contribution in [3.8, 4) is 0 Å². The number of allylic oxidation sites excluding steroid dienone is 10. The maximum Gasteiger partial charge on any atom is 0.00948 e. The van der Waals surface area contributed by atoms with E-state index in [2.05, 4.69) is 77.1 Å². The van der Waals surface area contributed by atoms with Crippen LogP contribution in [0.1, 0.15) is 59.4 Å². The lowest BCUT2D eigenvalue weighted by atomic mass is 9.72. The Morgan fingerprint density at radius 1 is 1.07 bits per heavy atom. The molecule has 0 saturated carbocycles. The Labute approximate surface area is 171 Å². The van der Waals surface area contributed by atoms with Gasteiger partial charge in [0.1, 0.15) is 0 Å². The normalized spacial score (nSPS) is 18.9. The third-order valence-corrected chi connectivity index (χ3v) is 5.62. The maximum absolute atomic E-state index is 5.23. The highest BCUT2D eigenvalue weighted by molar-refractivity contribution is 7.79. The molecule has 1 aliphatic rings. The molecule has 0 N–H and O–H groups in total. The minimum absolute atomic E-state index is 0.290. The standard InChI is InChI=1S/C26H32S/c1-20(16-17-25-22(3)13-10-18-26(25,4)5)11-9-12-21(2)24(19-27)23-14-7-6-8-15-23/h6-9,11-12,14-17,19H,10,13,18H2,1-5H3. The Morgan fingerprint density at radius 2 is 1.78 bits per heavy atom. The molecule has 0 aliphatic heterocycles. The van der Waals surface area contributed by atoms with Gasteiger partial charge in [-0.3, -0.25) is 0 Å². The number of rotatable bonds is 6. The average molecular weight is 377 g/mol. The molecule has 2 rings (SSSR count). The topological polar surface area (TPSA) is 0 Å². The van der Waals surface area contributed by atoms with Crippen molar-refractivity contribution < 1.29 is 0 Å². The summed E-state index contributed by atoms with van der Waals surface area (Å²) in [6.07, 6.45) is 14.8. The van der Waals surface area contributed by atoms with Crippen molar-refractivity contribution >= 4 is 23.2 Å². The van der Waals surface area contributed by atoms with Crippen molar-refractivity contribution in [1.82, 2.24) is 0 Å². The van der Waals surface area contributed by atoms with Crippen LogP contribution < -0.4 is 0 Å². The summed E-state index contributed by atoms with van der Waals surface area (Å²) in [6, 6.07) is 10.3. The maximum atomic E-state index is 5.23. The van der Waals surface area contributed by atoms with Gasteiger partial charge in [-0.1, -0.05) is 97.9 Å². The Morgan fingerprint density at radius 3 is 2.41 bits per heavy atom. The summed E-state index contributed by atoms with van der Waals surface area (Å²) in [5, 5.41) is 1.77. The van der Waals surface area contributed by atoms with E-state index in [0.717, 1.165) is 11.1 Å². The fourth-order valence-electron chi connectivity index (χ4n) is 3.72. The number of thiocarbonyl (C=S) groups is 1. The first-order valence-corrected chi connectivity index (χ1v) is 10.3. The van der Waals surface area contributed by atoms with Crippen LogP contribution in [0.2, 0.25) is 0 Å². The van der Waals surface area contributed by atoms with E-state index in [4.69, 9.17) is 12.2 Å². The number of hydrogen-bond donors (Lipinski definition) is 0. The molecule has 0 fully saturated rings. The van der Waals surface area contributed by atoms with Crippen LogP contribution in [0.5, 0.6) is 0 Å². The zero-order valence-electron chi connectivity index (χ0n) is 17.4. The minimum Gasteiger partial charge on any atom is -0.0880 e. The molecule has 1 aromatic rings. The van der Waals surface area contributed by atoms with Gasteiger partial charge in [0.2, 0.25) is 0 Å². The number of hydrogen-bond acceptors (Lipinski definition) is 1. The van der Waals surface area contributed by atoms with Crippen molar-refractivity contribution in [2.24, 2.45) is 5.41 Å². The van der Waals surface area contributed by atoms with Gasteiger partial charge in [0.15, 0.2) is 0 Å². The molecule has 27 heavy (non-hydrogen) atoms. The van der Waals surface area contributed by atoms with Crippen molar-refractivity contribution in [2.45, 2.75) is 53.9 Å². The zero-order valence-corrected chi connectivity index (χ0v) is 18.2. The van der Waals surface area contributed by atoms with Gasteiger partial charge in [0.25, 0.3) is 0 Å². The minimum atomic E-state index is 0.290.